The van der Waals surface area contributed by atoms with Crippen LogP contribution in [-0.2, 0) is 20.0 Å². The Morgan fingerprint density at radius 1 is 0.925 bits per heavy atom. The molecule has 1 aromatic heterocycles. The average molecular weight is 581 g/mol. The lowest BCUT2D eigenvalue weighted by molar-refractivity contribution is 0.174. The zero-order valence-corrected chi connectivity index (χ0v) is 22.6. The molecular formula is C26H24N6O6S2. The Morgan fingerprint density at radius 3 is 2.60 bits per heavy atom. The van der Waals surface area contributed by atoms with E-state index in [-0.39, 0.29) is 23.1 Å². The van der Waals surface area contributed by atoms with E-state index in [4.69, 9.17) is 9.47 Å². The van der Waals surface area contributed by atoms with E-state index in [1.165, 1.54) is 24.3 Å². The standard InChI is InChI=1S/C26H24N6O6S2/c33-39(34)20-4-1-3-19(13-20)30-26-28-15-22(25(31-26)27-11-2-12-29-39)17-5-7-18(8-6-17)32-40(35,36)21-9-10-23-24(14-21)38-16-37-23/h1,3-10,13-15,29,32H,2,11-12,16H2,(H2,27,28,30,31). The van der Waals surface area contributed by atoms with Crippen molar-refractivity contribution in [3.63, 3.8) is 0 Å². The van der Waals surface area contributed by atoms with Crippen LogP contribution in [0.3, 0.4) is 0 Å². The third-order valence-electron chi connectivity index (χ3n) is 6.23. The molecule has 2 aliphatic heterocycles. The maximum absolute atomic E-state index is 12.9. The third-order valence-corrected chi connectivity index (χ3v) is 9.07. The van der Waals surface area contributed by atoms with Crippen LogP contribution in [0.1, 0.15) is 6.42 Å². The minimum absolute atomic E-state index is 0.0529. The molecular weight excluding hydrogens is 556 g/mol. The van der Waals surface area contributed by atoms with E-state index in [9.17, 15) is 16.8 Å². The number of hydrogen-bond donors (Lipinski definition) is 4. The second kappa shape index (κ2) is 10.3. The van der Waals surface area contributed by atoms with Crippen molar-refractivity contribution in [3.8, 4) is 22.6 Å². The molecule has 4 bridgehead atoms. The summed E-state index contributed by atoms with van der Waals surface area (Å²) in [5.41, 5.74) is 2.35. The van der Waals surface area contributed by atoms with Crippen LogP contribution in [0.25, 0.3) is 11.1 Å². The molecule has 0 amide bonds. The van der Waals surface area contributed by atoms with Crippen molar-refractivity contribution in [2.45, 2.75) is 16.2 Å². The molecule has 3 aromatic carbocycles. The second-order valence-corrected chi connectivity index (χ2v) is 12.4. The number of aromatic nitrogens is 2. The average Bonchev–Trinajstić information content (AvgIpc) is 3.41. The molecule has 12 nitrogen and oxygen atoms in total. The van der Waals surface area contributed by atoms with Gasteiger partial charge in [0.25, 0.3) is 10.0 Å². The van der Waals surface area contributed by atoms with Gasteiger partial charge in [0.1, 0.15) is 5.82 Å². The molecule has 6 rings (SSSR count). The molecule has 4 N–H and O–H groups in total. The van der Waals surface area contributed by atoms with Gasteiger partial charge in [0.15, 0.2) is 11.5 Å². The molecule has 0 atom stereocenters. The second-order valence-electron chi connectivity index (χ2n) is 8.98. The topological polar surface area (TPSA) is 161 Å². The first kappa shape index (κ1) is 25.9. The van der Waals surface area contributed by atoms with E-state index in [1.54, 1.807) is 48.7 Å². The van der Waals surface area contributed by atoms with Crippen LogP contribution in [-0.4, -0.2) is 46.7 Å². The molecule has 0 fully saturated rings. The highest BCUT2D eigenvalue weighted by Gasteiger charge is 2.21. The molecule has 0 saturated carbocycles. The van der Waals surface area contributed by atoms with Gasteiger partial charge in [-0.05, 0) is 54.4 Å². The van der Waals surface area contributed by atoms with Crippen molar-refractivity contribution in [2.75, 3.05) is 35.2 Å². The van der Waals surface area contributed by atoms with E-state index in [1.807, 2.05) is 0 Å². The summed E-state index contributed by atoms with van der Waals surface area (Å²) in [4.78, 5) is 9.24. The van der Waals surface area contributed by atoms with Crippen LogP contribution in [0, 0.1) is 0 Å². The molecule has 2 aliphatic rings. The molecule has 40 heavy (non-hydrogen) atoms. The van der Waals surface area contributed by atoms with Crippen molar-refractivity contribution < 1.29 is 26.3 Å². The normalized spacial score (nSPS) is 15.9. The summed E-state index contributed by atoms with van der Waals surface area (Å²) >= 11 is 0. The molecule has 0 unspecified atom stereocenters. The molecule has 0 saturated heterocycles. The lowest BCUT2D eigenvalue weighted by Gasteiger charge is -2.14. The molecule has 14 heteroatoms. The highest BCUT2D eigenvalue weighted by molar-refractivity contribution is 7.92. The van der Waals surface area contributed by atoms with Gasteiger partial charge in [0, 0.05) is 42.3 Å². The zero-order valence-electron chi connectivity index (χ0n) is 20.9. The first-order chi connectivity index (χ1) is 19.3. The van der Waals surface area contributed by atoms with E-state index in [0.29, 0.717) is 53.2 Å². The number of sulfonamides is 2. The molecule has 206 valence electrons. The minimum Gasteiger partial charge on any atom is -0.454 e. The van der Waals surface area contributed by atoms with Gasteiger partial charge >= 0.3 is 0 Å². The highest BCUT2D eigenvalue weighted by atomic mass is 32.2. The van der Waals surface area contributed by atoms with Gasteiger partial charge in [0.2, 0.25) is 22.8 Å². The van der Waals surface area contributed by atoms with Crippen LogP contribution >= 0.6 is 0 Å². The van der Waals surface area contributed by atoms with Crippen molar-refractivity contribution in [1.29, 1.82) is 0 Å². The number of anilines is 4. The Kier molecular flexibility index (Phi) is 6.65. The zero-order chi connectivity index (χ0) is 27.7. The monoisotopic (exact) mass is 580 g/mol. The first-order valence-corrected chi connectivity index (χ1v) is 15.2. The summed E-state index contributed by atoms with van der Waals surface area (Å²) in [5.74, 6) is 1.71. The van der Waals surface area contributed by atoms with Gasteiger partial charge in [-0.3, -0.25) is 4.72 Å². The maximum Gasteiger partial charge on any atom is 0.262 e. The van der Waals surface area contributed by atoms with E-state index in [2.05, 4.69) is 30.0 Å². The summed E-state index contributed by atoms with van der Waals surface area (Å²) < 4.78 is 66.8. The Labute approximate surface area is 230 Å². The number of ether oxygens (including phenoxy) is 2. The van der Waals surface area contributed by atoms with E-state index >= 15 is 0 Å². The molecule has 4 aromatic rings. The van der Waals surface area contributed by atoms with Crippen LogP contribution < -0.4 is 29.6 Å². The smallest absolute Gasteiger partial charge is 0.262 e. The summed E-state index contributed by atoms with van der Waals surface area (Å²) in [6.45, 7) is 0.757. The number of nitrogens with one attached hydrogen (secondary N) is 4. The number of benzene rings is 3. The van der Waals surface area contributed by atoms with Gasteiger partial charge in [-0.25, -0.2) is 26.5 Å². The largest absolute Gasteiger partial charge is 0.454 e. The van der Waals surface area contributed by atoms with Gasteiger partial charge in [-0.2, -0.15) is 4.98 Å². The number of nitrogens with zero attached hydrogens (tertiary/aromatic N) is 2. The highest BCUT2D eigenvalue weighted by Crippen LogP contribution is 2.35. The third kappa shape index (κ3) is 5.36. The number of fused-ring (bicyclic) bond motifs is 5. The lowest BCUT2D eigenvalue weighted by Crippen LogP contribution is -2.26. The Morgan fingerprint density at radius 2 is 1.75 bits per heavy atom. The predicted molar refractivity (Wildman–Crippen MR) is 149 cm³/mol. The van der Waals surface area contributed by atoms with Crippen molar-refractivity contribution in [2.24, 2.45) is 0 Å². The Balaban J connectivity index is 1.25. The number of rotatable bonds is 4. The van der Waals surface area contributed by atoms with Crippen molar-refractivity contribution >= 4 is 43.2 Å². The fourth-order valence-electron chi connectivity index (χ4n) is 4.22. The maximum atomic E-state index is 12.9. The summed E-state index contributed by atoms with van der Waals surface area (Å²) in [5, 5.41) is 6.32. The summed E-state index contributed by atoms with van der Waals surface area (Å²) in [6, 6.07) is 17.7. The van der Waals surface area contributed by atoms with Crippen molar-refractivity contribution in [1.82, 2.24) is 14.7 Å². The van der Waals surface area contributed by atoms with Crippen LogP contribution in [0.15, 0.2) is 82.7 Å². The number of hydrogen-bond acceptors (Lipinski definition) is 10. The Hall–Kier alpha value is -4.40. The SMILES string of the molecule is O=S1(=O)NCCCNc2nc(ncc2-c2ccc(NS(=O)(=O)c3ccc4c(c3)OCO4)cc2)Nc2cccc1c2. The lowest BCUT2D eigenvalue weighted by atomic mass is 10.1. The van der Waals surface area contributed by atoms with Gasteiger partial charge in [-0.1, -0.05) is 18.2 Å². The molecule has 0 aliphatic carbocycles. The molecule has 0 radical (unpaired) electrons. The fourth-order valence-corrected chi connectivity index (χ4v) is 6.41. The summed E-state index contributed by atoms with van der Waals surface area (Å²) in [7, 11) is -7.50. The van der Waals surface area contributed by atoms with Crippen LogP contribution in [0.5, 0.6) is 11.5 Å². The quantitative estimate of drug-likeness (QED) is 0.281. The van der Waals surface area contributed by atoms with E-state index in [0.717, 1.165) is 5.56 Å². The van der Waals surface area contributed by atoms with Gasteiger partial charge in [0.05, 0.1) is 9.79 Å². The summed E-state index contributed by atoms with van der Waals surface area (Å²) in [6.07, 6.45) is 2.17. The van der Waals surface area contributed by atoms with Crippen LogP contribution in [0.2, 0.25) is 0 Å². The molecule has 0 spiro atoms. The fraction of sp³-hybridized carbons (Fsp3) is 0.154. The van der Waals surface area contributed by atoms with Crippen LogP contribution in [0.4, 0.5) is 23.1 Å². The minimum atomic E-state index is -3.86. The predicted octanol–water partition coefficient (Wildman–Crippen LogP) is 3.51. The first-order valence-electron chi connectivity index (χ1n) is 12.3. The Bertz CT molecular complexity index is 1800. The van der Waals surface area contributed by atoms with E-state index < -0.39 is 20.0 Å². The van der Waals surface area contributed by atoms with Gasteiger partial charge < -0.3 is 20.1 Å². The van der Waals surface area contributed by atoms with Crippen molar-refractivity contribution in [3.05, 3.63) is 72.9 Å². The molecule has 3 heterocycles. The van der Waals surface area contributed by atoms with Gasteiger partial charge in [-0.15, -0.1) is 0 Å².